The van der Waals surface area contributed by atoms with Crippen molar-refractivity contribution >= 4 is 23.3 Å². The normalized spacial score (nSPS) is 16.9. The van der Waals surface area contributed by atoms with Crippen LogP contribution in [0.1, 0.15) is 18.4 Å². The Hall–Kier alpha value is -2.72. The fourth-order valence-corrected chi connectivity index (χ4v) is 3.82. The number of ether oxygens (including phenoxy) is 2. The van der Waals surface area contributed by atoms with Crippen molar-refractivity contribution < 1.29 is 22.6 Å². The van der Waals surface area contributed by atoms with Gasteiger partial charge < -0.3 is 9.47 Å². The van der Waals surface area contributed by atoms with Crippen molar-refractivity contribution in [3.05, 3.63) is 51.0 Å². The number of alkyl halides is 3. The Balaban J connectivity index is 1.99. The average Bonchev–Trinajstić information content (AvgIpc) is 3.23. The van der Waals surface area contributed by atoms with Gasteiger partial charge in [0, 0.05) is 12.2 Å². The van der Waals surface area contributed by atoms with E-state index in [1.807, 2.05) is 0 Å². The van der Waals surface area contributed by atoms with E-state index in [0.29, 0.717) is 17.9 Å². The van der Waals surface area contributed by atoms with E-state index in [1.165, 1.54) is 11.7 Å². The van der Waals surface area contributed by atoms with Gasteiger partial charge in [0.25, 0.3) is 5.56 Å². The zero-order valence-corrected chi connectivity index (χ0v) is 16.8. The molecule has 0 unspecified atom stereocenters. The Kier molecular flexibility index (Phi) is 5.37. The van der Waals surface area contributed by atoms with Gasteiger partial charge in [-0.05, 0) is 55.4 Å². The van der Waals surface area contributed by atoms with Gasteiger partial charge in [-0.3, -0.25) is 14.3 Å². The predicted octanol–water partition coefficient (Wildman–Crippen LogP) is 4.33. The summed E-state index contributed by atoms with van der Waals surface area (Å²) in [6.45, 7) is 0.792. The molecule has 1 atom stereocenters. The van der Waals surface area contributed by atoms with Crippen LogP contribution < -0.4 is 10.3 Å². The predicted molar refractivity (Wildman–Crippen MR) is 107 cm³/mol. The van der Waals surface area contributed by atoms with E-state index < -0.39 is 22.7 Å². The molecule has 2 aromatic heterocycles. The molecule has 1 N–H and O–H groups in total. The van der Waals surface area contributed by atoms with E-state index >= 15 is 0 Å². The minimum atomic E-state index is -4.75. The molecule has 0 radical (unpaired) electrons. The summed E-state index contributed by atoms with van der Waals surface area (Å²) in [4.78, 5) is 19.2. The summed E-state index contributed by atoms with van der Waals surface area (Å²) >= 11 is 5.25. The molecule has 3 heterocycles. The highest BCUT2D eigenvalue weighted by molar-refractivity contribution is 7.71. The minimum absolute atomic E-state index is 0.00973. The smallest absolute Gasteiger partial charge is 0.417 e. The lowest BCUT2D eigenvalue weighted by molar-refractivity contribution is -0.136. The van der Waals surface area contributed by atoms with Crippen molar-refractivity contribution in [2.75, 3.05) is 13.7 Å². The fraction of sp³-hybridized carbons (Fsp3) is 0.350. The van der Waals surface area contributed by atoms with Gasteiger partial charge in [0.05, 0.1) is 36.4 Å². The third-order valence-corrected chi connectivity index (χ3v) is 5.37. The summed E-state index contributed by atoms with van der Waals surface area (Å²) in [5, 5.41) is -0.536. The van der Waals surface area contributed by atoms with Gasteiger partial charge in [-0.15, -0.1) is 0 Å². The molecule has 0 aliphatic carbocycles. The number of rotatable bonds is 4. The molecule has 6 nitrogen and oxygen atoms in total. The number of pyridine rings is 1. The van der Waals surface area contributed by atoms with E-state index in [9.17, 15) is 18.0 Å². The number of aromatic amines is 1. The molecule has 0 bridgehead atoms. The molecule has 30 heavy (non-hydrogen) atoms. The summed E-state index contributed by atoms with van der Waals surface area (Å²) in [6.07, 6.45) is -3.34. The van der Waals surface area contributed by atoms with Gasteiger partial charge in [-0.25, -0.2) is 4.98 Å². The van der Waals surface area contributed by atoms with E-state index in [2.05, 4.69) is 9.97 Å². The molecular weight excluding hydrogens is 419 g/mol. The Morgan fingerprint density at radius 1 is 1.33 bits per heavy atom. The zero-order chi connectivity index (χ0) is 21.5. The first-order valence-electron chi connectivity index (χ1n) is 9.29. The van der Waals surface area contributed by atoms with Crippen molar-refractivity contribution in [1.29, 1.82) is 0 Å². The molecule has 1 fully saturated rings. The van der Waals surface area contributed by atoms with Gasteiger partial charge >= 0.3 is 6.18 Å². The van der Waals surface area contributed by atoms with Gasteiger partial charge in [0.15, 0.2) is 4.77 Å². The van der Waals surface area contributed by atoms with Crippen molar-refractivity contribution in [1.82, 2.24) is 14.5 Å². The van der Waals surface area contributed by atoms with Crippen molar-refractivity contribution in [2.24, 2.45) is 0 Å². The number of hydrogen-bond donors (Lipinski definition) is 1. The third kappa shape index (κ3) is 3.84. The lowest BCUT2D eigenvalue weighted by Crippen LogP contribution is -2.24. The summed E-state index contributed by atoms with van der Waals surface area (Å²) < 4.78 is 53.8. The molecule has 1 aliphatic heterocycles. The van der Waals surface area contributed by atoms with E-state index in [-0.39, 0.29) is 28.8 Å². The van der Waals surface area contributed by atoms with Crippen LogP contribution in [0.2, 0.25) is 0 Å². The largest absolute Gasteiger partial charge is 0.497 e. The van der Waals surface area contributed by atoms with Crippen LogP contribution in [0.3, 0.4) is 0 Å². The molecule has 1 saturated heterocycles. The van der Waals surface area contributed by atoms with Gasteiger partial charge in [0.1, 0.15) is 11.4 Å². The number of methoxy groups -OCH3 is 1. The topological polar surface area (TPSA) is 69.1 Å². The van der Waals surface area contributed by atoms with Crippen LogP contribution >= 0.6 is 12.2 Å². The van der Waals surface area contributed by atoms with Crippen LogP contribution in [0.15, 0.2) is 35.1 Å². The van der Waals surface area contributed by atoms with Crippen molar-refractivity contribution in [3.8, 4) is 17.0 Å². The molecule has 0 saturated carbocycles. The van der Waals surface area contributed by atoms with Crippen LogP contribution in [0.4, 0.5) is 13.2 Å². The highest BCUT2D eigenvalue weighted by Gasteiger charge is 2.35. The maximum atomic E-state index is 13.9. The molecule has 4 rings (SSSR count). The highest BCUT2D eigenvalue weighted by atomic mass is 32.1. The molecule has 1 aliphatic rings. The van der Waals surface area contributed by atoms with Crippen molar-refractivity contribution in [3.63, 3.8) is 0 Å². The second-order valence-corrected chi connectivity index (χ2v) is 7.37. The molecule has 10 heteroatoms. The number of H-pyrrole nitrogens is 1. The summed E-state index contributed by atoms with van der Waals surface area (Å²) in [5.74, 6) is 0.563. The number of nitrogens with zero attached hydrogens (tertiary/aromatic N) is 2. The monoisotopic (exact) mass is 437 g/mol. The Bertz CT molecular complexity index is 1200. The zero-order valence-electron chi connectivity index (χ0n) is 16.0. The van der Waals surface area contributed by atoms with Gasteiger partial charge in [-0.2, -0.15) is 13.2 Å². The third-order valence-electron chi connectivity index (χ3n) is 5.05. The van der Waals surface area contributed by atoms with Gasteiger partial charge in [-0.1, -0.05) is 0 Å². The van der Waals surface area contributed by atoms with Crippen LogP contribution in [0.25, 0.3) is 22.3 Å². The minimum Gasteiger partial charge on any atom is -0.497 e. The van der Waals surface area contributed by atoms with Crippen LogP contribution in [0, 0.1) is 4.77 Å². The van der Waals surface area contributed by atoms with E-state index in [1.54, 1.807) is 24.3 Å². The number of hydrogen-bond acceptors (Lipinski definition) is 5. The van der Waals surface area contributed by atoms with Crippen LogP contribution in [-0.4, -0.2) is 34.4 Å². The highest BCUT2D eigenvalue weighted by Crippen LogP contribution is 2.36. The van der Waals surface area contributed by atoms with Crippen LogP contribution in [0.5, 0.6) is 5.75 Å². The molecule has 1 aromatic carbocycles. The lowest BCUT2D eigenvalue weighted by atomic mass is 10.1. The Morgan fingerprint density at radius 2 is 2.07 bits per heavy atom. The number of benzene rings is 1. The van der Waals surface area contributed by atoms with E-state index in [4.69, 9.17) is 21.7 Å². The number of aromatic nitrogens is 3. The maximum Gasteiger partial charge on any atom is 0.417 e. The second kappa shape index (κ2) is 7.84. The molecule has 3 aromatic rings. The quantitative estimate of drug-likeness (QED) is 0.616. The number of fused-ring (bicyclic) bond motifs is 1. The Morgan fingerprint density at radius 3 is 2.67 bits per heavy atom. The first kappa shape index (κ1) is 20.5. The summed E-state index contributed by atoms with van der Waals surface area (Å²) in [7, 11) is 1.50. The maximum absolute atomic E-state index is 13.9. The first-order chi connectivity index (χ1) is 14.3. The number of halogens is 3. The van der Waals surface area contributed by atoms with Gasteiger partial charge in [0.2, 0.25) is 0 Å². The first-order valence-corrected chi connectivity index (χ1v) is 9.70. The second-order valence-electron chi connectivity index (χ2n) is 6.98. The molecule has 0 amide bonds. The molecular formula is C20H18F3N3O3S. The molecule has 158 valence electrons. The van der Waals surface area contributed by atoms with Crippen molar-refractivity contribution in [2.45, 2.75) is 31.7 Å². The molecule has 0 spiro atoms. The van der Waals surface area contributed by atoms with Crippen LogP contribution in [-0.2, 0) is 17.5 Å². The fourth-order valence-electron chi connectivity index (χ4n) is 3.57. The number of nitrogens with one attached hydrogen (secondary N) is 1. The summed E-state index contributed by atoms with van der Waals surface area (Å²) in [6, 6.07) is 7.37. The standard InChI is InChI=1S/C20H18F3N3O3S/c1-28-12-6-4-11(5-7-12)15-9-14(20(21,22)23)16-17(24-15)26(19(30)25-18(16)27)10-13-3-2-8-29-13/h4-7,9,13H,2-3,8,10H2,1H3,(H,25,27,30)/t13-/m0/s1. The SMILES string of the molecule is COc1ccc(-c2cc(C(F)(F)F)c3c(=O)[nH]c(=S)n(C[C@@H]4CCCO4)c3n2)cc1. The summed E-state index contributed by atoms with van der Waals surface area (Å²) in [5.41, 5.74) is -1.55. The lowest BCUT2D eigenvalue weighted by Gasteiger charge is -2.18. The average molecular weight is 437 g/mol. The Labute approximate surface area is 174 Å². The van der Waals surface area contributed by atoms with E-state index in [0.717, 1.165) is 18.9 Å².